The average Bonchev–Trinajstić information content (AvgIpc) is 3.81. The first kappa shape index (κ1) is 112. The zero-order valence-corrected chi connectivity index (χ0v) is 67.9. The molecule has 0 unspecified atom stereocenters. The number of ether oxygens (including phenoxy) is 18. The molecule has 0 saturated carbocycles. The molecule has 0 aliphatic heterocycles. The molecule has 0 rings (SSSR count). The minimum atomic E-state index is -1.34. The summed E-state index contributed by atoms with van der Waals surface area (Å²) in [5.74, 6) is 0. The van der Waals surface area contributed by atoms with Gasteiger partial charge in [0.2, 0.25) is 0 Å². The molecule has 0 aromatic rings. The third-order valence-corrected chi connectivity index (χ3v) is 15.8. The molecule has 0 aromatic heterocycles. The fourth-order valence-corrected chi connectivity index (χ4v) is 9.55. The normalized spacial score (nSPS) is 11.1. The van der Waals surface area contributed by atoms with E-state index < -0.39 is 51.6 Å². The van der Waals surface area contributed by atoms with Crippen LogP contribution in [0.1, 0.15) is 0 Å². The molecule has 0 N–H and O–H groups in total. The van der Waals surface area contributed by atoms with Gasteiger partial charge in [0.25, 0.3) is 0 Å². The summed E-state index contributed by atoms with van der Waals surface area (Å²) in [5.41, 5.74) is 0. The van der Waals surface area contributed by atoms with Crippen LogP contribution < -0.4 is 0 Å². The Bertz CT molecular complexity index is 921. The molecular weight excluding hydrogens is 1460 g/mol. The monoisotopic (exact) mass is 1590 g/mol. The van der Waals surface area contributed by atoms with E-state index in [9.17, 15) is 0 Å². The summed E-state index contributed by atoms with van der Waals surface area (Å²) in [6, 6.07) is 0. The second kappa shape index (κ2) is 109. The minimum Gasteiger partial charge on any atom is -0.382 e. The van der Waals surface area contributed by atoms with Gasteiger partial charge in [-0.15, -0.1) is 0 Å². The summed E-state index contributed by atoms with van der Waals surface area (Å²) in [6.45, 7) is 17.3. The predicted octanol–water partition coefficient (Wildman–Crippen LogP) is 7.21. The summed E-state index contributed by atoms with van der Waals surface area (Å²) in [7, 11) is 21.0. The molecule has 36 nitrogen and oxygen atoms in total. The topological polar surface area (TPSA) is 332 Å². The van der Waals surface area contributed by atoms with Crippen molar-refractivity contribution in [1.29, 1.82) is 0 Å². The van der Waals surface area contributed by atoms with Crippen LogP contribution in [0.15, 0.2) is 0 Å². The van der Waals surface area contributed by atoms with E-state index >= 15 is 0 Å². The van der Waals surface area contributed by atoms with Gasteiger partial charge in [0.1, 0.15) is 0 Å². The minimum absolute atomic E-state index is 0. The van der Waals surface area contributed by atoms with Crippen molar-refractivity contribution in [3.63, 3.8) is 0 Å². The fraction of sp³-hybridized carbons (Fsp3) is 1.00. The van der Waals surface area contributed by atoms with Gasteiger partial charge in [0.15, 0.2) is 0 Å². The van der Waals surface area contributed by atoms with Crippen molar-refractivity contribution in [2.45, 2.75) is 0 Å². The van der Waals surface area contributed by atoms with Gasteiger partial charge in [0.05, 0.1) is 238 Å². The maximum absolute atomic E-state index is 5.36. The molecule has 0 saturated heterocycles. The average molecular weight is 1590 g/mol. The Labute approximate surface area is 599 Å². The van der Waals surface area contributed by atoms with Crippen LogP contribution in [0.25, 0.3) is 0 Å². The summed E-state index contributed by atoms with van der Waals surface area (Å²) in [6.07, 6.45) is 0. The maximum Gasteiger partial charge on any atom is 0.332 e. The van der Waals surface area contributed by atoms with E-state index in [2.05, 4.69) is 0 Å². The van der Waals surface area contributed by atoms with Gasteiger partial charge >= 0.3 is 51.6 Å². The van der Waals surface area contributed by atoms with Gasteiger partial charge in [-0.1, -0.05) is 0 Å². The molecule has 43 heteroatoms. The van der Waals surface area contributed by atoms with Crippen LogP contribution in [0.2, 0.25) is 0 Å². The summed E-state index contributed by atoms with van der Waals surface area (Å²) >= 11 is 0. The summed E-state index contributed by atoms with van der Waals surface area (Å²) < 4.78 is 184. The molecule has 0 aliphatic carbocycles. The van der Waals surface area contributed by atoms with Gasteiger partial charge in [0, 0.05) is 145 Å². The Morgan fingerprint density at radius 2 is 0.155 bits per heavy atom. The number of rotatable bonds is 72. The van der Waals surface area contributed by atoms with Crippen LogP contribution in [0.3, 0.4) is 0 Å². The number of hydrogen-bond donors (Lipinski definition) is 0. The number of methoxy groups -OCH3 is 18. The molecule has 0 amide bonds. The second-order valence-electron chi connectivity index (χ2n) is 16.2. The predicted molar refractivity (Wildman–Crippen MR) is 362 cm³/mol. The van der Waals surface area contributed by atoms with Crippen molar-refractivity contribution in [2.24, 2.45) is 0 Å². The molecule has 0 aromatic carbocycles. The first-order valence-electron chi connectivity index (χ1n) is 30.0. The van der Waals surface area contributed by atoms with E-state index in [1.807, 2.05) is 0 Å². The largest absolute Gasteiger partial charge is 0.382 e. The Morgan fingerprint density at radius 3 is 0.196 bits per heavy atom. The SMILES string of the molecule is COCCOP(OCCOC)OCCOC.COCCOP(OCCOC)OCCOC.COCCOP(OCCOC)OCCOC.COCCOP(OCCOC)OCCOC.COCCOP(OCCOC)OCCOC.COCCOP(OCCOC)OCCOC.[Cr]. The first-order valence-corrected chi connectivity index (χ1v) is 36.6. The third kappa shape index (κ3) is 106. The van der Waals surface area contributed by atoms with Gasteiger partial charge in [-0.25, -0.2) is 0 Å². The number of hydrogen-bond acceptors (Lipinski definition) is 36. The van der Waals surface area contributed by atoms with Gasteiger partial charge in [-0.2, -0.15) is 0 Å². The first-order chi connectivity index (χ1) is 47.1. The van der Waals surface area contributed by atoms with E-state index in [0.717, 1.165) is 0 Å². The van der Waals surface area contributed by atoms with Crippen LogP contribution in [-0.2, 0) is 184 Å². The van der Waals surface area contributed by atoms with Crippen LogP contribution in [0.4, 0.5) is 0 Å². The van der Waals surface area contributed by atoms with E-state index in [0.29, 0.717) is 238 Å². The Balaban J connectivity index is -0.000000200. The molecular formula is C54H126CrO36P6. The molecule has 97 heavy (non-hydrogen) atoms. The summed E-state index contributed by atoms with van der Waals surface area (Å²) in [4.78, 5) is 0. The molecule has 0 spiro atoms. The van der Waals surface area contributed by atoms with Crippen LogP contribution in [-0.4, -0.2) is 366 Å². The third-order valence-electron chi connectivity index (χ3n) is 8.71. The smallest absolute Gasteiger partial charge is 0.332 e. The Morgan fingerprint density at radius 1 is 0.103 bits per heavy atom. The van der Waals surface area contributed by atoms with Crippen molar-refractivity contribution in [3.05, 3.63) is 0 Å². The van der Waals surface area contributed by atoms with Gasteiger partial charge < -0.3 is 167 Å². The molecule has 0 fully saturated rings. The van der Waals surface area contributed by atoms with Crippen molar-refractivity contribution in [3.8, 4) is 0 Å². The molecule has 594 valence electrons. The van der Waals surface area contributed by atoms with E-state index in [4.69, 9.17) is 167 Å². The molecule has 0 heterocycles. The fourth-order valence-electron chi connectivity index (χ4n) is 4.18. The van der Waals surface area contributed by atoms with E-state index in [-0.39, 0.29) is 17.4 Å². The zero-order chi connectivity index (χ0) is 72.4. The standard InChI is InChI=1S/6C9H21O6P.Cr/c6*1-10-4-7-13-16(14-8-5-11-2)15-9-6-12-3;/h6*4-9H2,1-3H3;. The van der Waals surface area contributed by atoms with Crippen LogP contribution >= 0.6 is 51.6 Å². The molecule has 0 bridgehead atoms. The molecule has 0 radical (unpaired) electrons. The summed E-state index contributed by atoms with van der Waals surface area (Å²) in [5, 5.41) is 0. The van der Waals surface area contributed by atoms with Crippen molar-refractivity contribution >= 4 is 51.6 Å². The molecule has 0 aliphatic rings. The quantitative estimate of drug-likeness (QED) is 0.0428. The Hall–Kier alpha value is 1.67. The Kier molecular flexibility index (Phi) is 125. The van der Waals surface area contributed by atoms with Crippen LogP contribution in [0, 0.1) is 0 Å². The van der Waals surface area contributed by atoms with Crippen molar-refractivity contribution < 1.29 is 184 Å². The van der Waals surface area contributed by atoms with Crippen molar-refractivity contribution in [1.82, 2.24) is 0 Å². The van der Waals surface area contributed by atoms with Gasteiger partial charge in [-0.05, 0) is 0 Å². The van der Waals surface area contributed by atoms with Crippen LogP contribution in [0.5, 0.6) is 0 Å². The van der Waals surface area contributed by atoms with Gasteiger partial charge in [-0.3, -0.25) is 0 Å². The zero-order valence-electron chi connectivity index (χ0n) is 61.2. The maximum atomic E-state index is 5.36. The molecule has 0 atom stereocenters. The van der Waals surface area contributed by atoms with Crippen molar-refractivity contribution in [2.75, 3.05) is 366 Å². The van der Waals surface area contributed by atoms with E-state index in [1.165, 1.54) is 0 Å². The second-order valence-corrected chi connectivity index (χ2v) is 23.5. The van der Waals surface area contributed by atoms with E-state index in [1.54, 1.807) is 128 Å².